The summed E-state index contributed by atoms with van der Waals surface area (Å²) in [4.78, 5) is 16.7. The predicted molar refractivity (Wildman–Crippen MR) is 88.5 cm³/mol. The third-order valence-electron chi connectivity index (χ3n) is 4.25. The number of nitrogens with one attached hydrogen (secondary N) is 1. The molecule has 0 amide bonds. The molecule has 124 valence electrons. The number of alkyl halides is 1. The summed E-state index contributed by atoms with van der Waals surface area (Å²) >= 11 is 5.73. The first-order chi connectivity index (χ1) is 11.2. The first-order valence-corrected chi connectivity index (χ1v) is 8.46. The van der Waals surface area contributed by atoms with Gasteiger partial charge in [-0.2, -0.15) is 5.10 Å². The molecule has 0 spiro atoms. The van der Waals surface area contributed by atoms with Gasteiger partial charge in [-0.25, -0.2) is 9.07 Å². The topological polar surface area (TPSA) is 53.9 Å². The molecular formula is C16H20ClFN4O. The van der Waals surface area contributed by atoms with Gasteiger partial charge in [0.25, 0.3) is 5.56 Å². The van der Waals surface area contributed by atoms with Crippen molar-refractivity contribution in [1.82, 2.24) is 14.8 Å². The summed E-state index contributed by atoms with van der Waals surface area (Å²) < 4.78 is 15.5. The quantitative estimate of drug-likeness (QED) is 0.650. The first-order valence-electron chi connectivity index (χ1n) is 7.93. The van der Waals surface area contributed by atoms with Gasteiger partial charge in [0.15, 0.2) is 0 Å². The van der Waals surface area contributed by atoms with E-state index in [1.807, 2.05) is 10.7 Å². The molecule has 1 aliphatic heterocycles. The molecule has 1 aliphatic rings. The highest BCUT2D eigenvalue weighted by Crippen LogP contribution is 2.34. The summed E-state index contributed by atoms with van der Waals surface area (Å²) in [5.41, 5.74) is 0.257. The van der Waals surface area contributed by atoms with Crippen LogP contribution in [0, 0.1) is 5.82 Å². The minimum atomic E-state index is -0.415. The Balaban J connectivity index is 1.86. The van der Waals surface area contributed by atoms with Crippen LogP contribution in [0.5, 0.6) is 0 Å². The van der Waals surface area contributed by atoms with Crippen LogP contribution < -0.4 is 10.5 Å². The van der Waals surface area contributed by atoms with Crippen molar-refractivity contribution in [2.45, 2.75) is 38.3 Å². The van der Waals surface area contributed by atoms with Crippen LogP contribution in [0.1, 0.15) is 37.3 Å². The molecule has 0 bridgehead atoms. The molecular weight excluding hydrogens is 319 g/mol. The molecule has 2 aromatic heterocycles. The number of hydrogen-bond donors (Lipinski definition) is 1. The van der Waals surface area contributed by atoms with Gasteiger partial charge in [-0.1, -0.05) is 0 Å². The second-order valence-corrected chi connectivity index (χ2v) is 6.14. The highest BCUT2D eigenvalue weighted by atomic mass is 35.5. The van der Waals surface area contributed by atoms with E-state index in [-0.39, 0.29) is 11.6 Å². The van der Waals surface area contributed by atoms with Crippen molar-refractivity contribution >= 4 is 17.4 Å². The Morgan fingerprint density at radius 3 is 3.13 bits per heavy atom. The van der Waals surface area contributed by atoms with E-state index < -0.39 is 5.82 Å². The van der Waals surface area contributed by atoms with E-state index in [2.05, 4.69) is 15.0 Å². The maximum atomic E-state index is 13.5. The van der Waals surface area contributed by atoms with E-state index in [0.717, 1.165) is 50.8 Å². The van der Waals surface area contributed by atoms with Gasteiger partial charge < -0.3 is 9.88 Å². The van der Waals surface area contributed by atoms with Gasteiger partial charge in [-0.3, -0.25) is 4.79 Å². The van der Waals surface area contributed by atoms with Gasteiger partial charge in [-0.05, 0) is 31.7 Å². The largest absolute Gasteiger partial charge is 0.350 e. The summed E-state index contributed by atoms with van der Waals surface area (Å²) in [7, 11) is 0. The summed E-state index contributed by atoms with van der Waals surface area (Å²) in [6.07, 6.45) is 6.56. The number of nitrogens with zero attached hydrogens (tertiary/aromatic N) is 3. The van der Waals surface area contributed by atoms with Crippen molar-refractivity contribution in [3.63, 3.8) is 0 Å². The molecule has 3 rings (SSSR count). The number of aromatic amines is 1. The van der Waals surface area contributed by atoms with E-state index in [1.165, 1.54) is 6.07 Å². The average Bonchev–Trinajstić information content (AvgIpc) is 3.18. The minimum Gasteiger partial charge on any atom is -0.350 e. The maximum absolute atomic E-state index is 13.5. The lowest BCUT2D eigenvalue weighted by Gasteiger charge is -2.27. The maximum Gasteiger partial charge on any atom is 0.253 e. The van der Waals surface area contributed by atoms with E-state index in [1.54, 1.807) is 6.20 Å². The number of anilines is 1. The lowest BCUT2D eigenvalue weighted by Crippen LogP contribution is -2.29. The molecule has 3 heterocycles. The van der Waals surface area contributed by atoms with E-state index >= 15 is 0 Å². The fourth-order valence-corrected chi connectivity index (χ4v) is 3.37. The number of pyridine rings is 1. The van der Waals surface area contributed by atoms with Crippen LogP contribution in [0.2, 0.25) is 0 Å². The van der Waals surface area contributed by atoms with Crippen molar-refractivity contribution < 1.29 is 4.39 Å². The number of H-pyrrole nitrogens is 1. The van der Waals surface area contributed by atoms with Crippen LogP contribution in [-0.2, 0) is 6.54 Å². The lowest BCUT2D eigenvalue weighted by atomic mass is 10.1. The van der Waals surface area contributed by atoms with Gasteiger partial charge in [0, 0.05) is 36.8 Å². The van der Waals surface area contributed by atoms with E-state index in [0.29, 0.717) is 11.4 Å². The monoisotopic (exact) mass is 338 g/mol. The highest BCUT2D eigenvalue weighted by molar-refractivity contribution is 6.17. The first kappa shape index (κ1) is 16.1. The number of aromatic nitrogens is 3. The third-order valence-corrected chi connectivity index (χ3v) is 4.52. The Bertz CT molecular complexity index is 714. The van der Waals surface area contributed by atoms with Crippen LogP contribution in [-0.4, -0.2) is 27.2 Å². The molecule has 0 saturated carbocycles. The molecule has 1 N–H and O–H groups in total. The van der Waals surface area contributed by atoms with Gasteiger partial charge in [0.2, 0.25) is 0 Å². The fourth-order valence-electron chi connectivity index (χ4n) is 3.18. The molecule has 7 heteroatoms. The summed E-state index contributed by atoms with van der Waals surface area (Å²) in [6.45, 7) is 1.62. The Morgan fingerprint density at radius 1 is 1.43 bits per heavy atom. The number of rotatable bonds is 6. The Kier molecular flexibility index (Phi) is 5.00. The molecule has 1 atom stereocenters. The number of hydrogen-bond acceptors (Lipinski definition) is 3. The molecule has 0 aliphatic carbocycles. The SMILES string of the molecule is O=c1[nH]cc(F)cc1[C@H]1CCCN1c1ccnn1CCCCCl. The van der Waals surface area contributed by atoms with Crippen LogP contribution in [0.15, 0.2) is 29.3 Å². The third kappa shape index (κ3) is 3.42. The normalized spacial score (nSPS) is 17.8. The zero-order valence-corrected chi connectivity index (χ0v) is 13.6. The van der Waals surface area contributed by atoms with Crippen LogP contribution in [0.3, 0.4) is 0 Å². The fraction of sp³-hybridized carbons (Fsp3) is 0.500. The smallest absolute Gasteiger partial charge is 0.253 e. The molecule has 23 heavy (non-hydrogen) atoms. The Hall–Kier alpha value is -1.82. The minimum absolute atomic E-state index is 0.113. The predicted octanol–water partition coefficient (Wildman–Crippen LogP) is 3.07. The van der Waals surface area contributed by atoms with Gasteiger partial charge in [0.1, 0.15) is 11.6 Å². The molecule has 2 aromatic rings. The summed E-state index contributed by atoms with van der Waals surface area (Å²) in [5.74, 6) is 1.20. The van der Waals surface area contributed by atoms with Crippen molar-refractivity contribution in [1.29, 1.82) is 0 Å². The summed E-state index contributed by atoms with van der Waals surface area (Å²) in [5, 5.41) is 4.37. The Morgan fingerprint density at radius 2 is 2.30 bits per heavy atom. The van der Waals surface area contributed by atoms with Crippen molar-refractivity contribution in [3.05, 3.63) is 46.3 Å². The van der Waals surface area contributed by atoms with Crippen molar-refractivity contribution in [2.75, 3.05) is 17.3 Å². The van der Waals surface area contributed by atoms with Crippen LogP contribution in [0.4, 0.5) is 10.2 Å². The second-order valence-electron chi connectivity index (χ2n) is 5.76. The van der Waals surface area contributed by atoms with Gasteiger partial charge >= 0.3 is 0 Å². The lowest BCUT2D eigenvalue weighted by molar-refractivity contribution is 0.556. The van der Waals surface area contributed by atoms with Gasteiger partial charge in [0.05, 0.1) is 12.2 Å². The molecule has 0 unspecified atom stereocenters. The number of aryl methyl sites for hydroxylation is 1. The van der Waals surface area contributed by atoms with Crippen molar-refractivity contribution in [3.8, 4) is 0 Å². The molecule has 0 radical (unpaired) electrons. The van der Waals surface area contributed by atoms with E-state index in [4.69, 9.17) is 11.6 Å². The molecule has 1 fully saturated rings. The molecule has 5 nitrogen and oxygen atoms in total. The van der Waals surface area contributed by atoms with Gasteiger partial charge in [-0.15, -0.1) is 11.6 Å². The molecule has 1 saturated heterocycles. The Labute approximate surface area is 139 Å². The summed E-state index contributed by atoms with van der Waals surface area (Å²) in [6, 6.07) is 3.18. The zero-order valence-electron chi connectivity index (χ0n) is 12.8. The number of unbranched alkanes of at least 4 members (excludes halogenated alkanes) is 1. The van der Waals surface area contributed by atoms with Crippen LogP contribution in [0.25, 0.3) is 0 Å². The van der Waals surface area contributed by atoms with E-state index in [9.17, 15) is 9.18 Å². The number of halogens is 2. The second kappa shape index (κ2) is 7.17. The zero-order chi connectivity index (χ0) is 16.2. The van der Waals surface area contributed by atoms with Crippen molar-refractivity contribution in [2.24, 2.45) is 0 Å². The molecule has 0 aromatic carbocycles. The average molecular weight is 339 g/mol. The van der Waals surface area contributed by atoms with Crippen LogP contribution >= 0.6 is 11.6 Å². The highest BCUT2D eigenvalue weighted by Gasteiger charge is 2.30. The standard InChI is InChI=1S/C16H20ClFN4O/c17-6-1-2-9-22-15(5-7-20-22)21-8-3-4-14(21)13-10-12(18)11-19-16(13)23/h5,7,10-11,14H,1-4,6,8-9H2,(H,19,23)/t14-/m1/s1.